The molecule has 0 bridgehead atoms. The molecular weight excluding hydrogens is 231 g/mol. The molecule has 1 fully saturated rings. The van der Waals surface area contributed by atoms with Crippen molar-refractivity contribution in [1.29, 1.82) is 0 Å². The highest BCUT2D eigenvalue weighted by atomic mass is 16.2. The second-order valence-corrected chi connectivity index (χ2v) is 4.36. The van der Waals surface area contributed by atoms with Crippen molar-refractivity contribution in [3.63, 3.8) is 0 Å². The number of piperazine rings is 1. The average molecular weight is 252 g/mol. The Bertz CT molecular complexity index is 362. The normalized spacial score (nSPS) is 18.3. The van der Waals surface area contributed by atoms with E-state index in [1.807, 2.05) is 35.2 Å². The maximum atomic E-state index is 12.0. The van der Waals surface area contributed by atoms with Gasteiger partial charge in [0.1, 0.15) is 0 Å². The van der Waals surface area contributed by atoms with Crippen molar-refractivity contribution in [2.45, 2.75) is 13.0 Å². The van der Waals surface area contributed by atoms with Crippen LogP contribution in [0.1, 0.15) is 6.92 Å². The summed E-state index contributed by atoms with van der Waals surface area (Å²) in [5, 5.41) is 3.34. The monoisotopic (exact) mass is 252 g/mol. The molecular formula is C12H21BN2O3. The lowest BCUT2D eigenvalue weighted by Gasteiger charge is -2.32. The van der Waals surface area contributed by atoms with Crippen molar-refractivity contribution in [3.05, 3.63) is 30.3 Å². The van der Waals surface area contributed by atoms with Crippen LogP contribution in [0.2, 0.25) is 0 Å². The number of nitrogens with zero attached hydrogens (tertiary/aromatic N) is 1. The fourth-order valence-corrected chi connectivity index (χ4v) is 2.04. The summed E-state index contributed by atoms with van der Waals surface area (Å²) in [5.74, 6) is 0.236. The van der Waals surface area contributed by atoms with Gasteiger partial charge in [-0.05, 0) is 6.92 Å². The molecule has 100 valence electrons. The molecule has 1 saturated heterocycles. The Morgan fingerprint density at radius 1 is 1.33 bits per heavy atom. The highest BCUT2D eigenvalue weighted by Crippen LogP contribution is 1.99. The number of rotatable bonds is 2. The summed E-state index contributed by atoms with van der Waals surface area (Å²) < 4.78 is 0. The summed E-state index contributed by atoms with van der Waals surface area (Å²) in [4.78, 5) is 14.0. The van der Waals surface area contributed by atoms with Crippen molar-refractivity contribution in [2.24, 2.45) is 0 Å². The molecule has 1 amide bonds. The fourth-order valence-electron chi connectivity index (χ4n) is 2.04. The van der Waals surface area contributed by atoms with Crippen LogP contribution in [-0.2, 0) is 0 Å². The predicted molar refractivity (Wildman–Crippen MR) is 74.9 cm³/mol. The van der Waals surface area contributed by atoms with Gasteiger partial charge in [-0.25, -0.2) is 0 Å². The summed E-state index contributed by atoms with van der Waals surface area (Å²) in [6.07, 6.45) is 0. The standard InChI is InChI=1S/C12H17BN2O.2H2O/c1-10-9-15(8-7-14-10)12(16)13-11-5-3-2-4-6-11;;/h2-6,10,13-14H,7-9H2,1H3;2*1H2. The van der Waals surface area contributed by atoms with Gasteiger partial charge in [0.25, 0.3) is 7.28 Å². The molecule has 0 aliphatic carbocycles. The molecule has 0 spiro atoms. The van der Waals surface area contributed by atoms with E-state index >= 15 is 0 Å². The van der Waals surface area contributed by atoms with Gasteiger partial charge in [-0.3, -0.25) is 4.79 Å². The van der Waals surface area contributed by atoms with Crippen LogP contribution in [0.15, 0.2) is 30.3 Å². The van der Waals surface area contributed by atoms with Gasteiger partial charge in [0, 0.05) is 25.7 Å². The van der Waals surface area contributed by atoms with Crippen LogP contribution in [-0.4, -0.2) is 54.6 Å². The minimum Gasteiger partial charge on any atom is -0.412 e. The summed E-state index contributed by atoms with van der Waals surface area (Å²) in [7, 11) is 0.521. The lowest BCUT2D eigenvalue weighted by Crippen LogP contribution is -2.53. The molecule has 6 heteroatoms. The van der Waals surface area contributed by atoms with Gasteiger partial charge in [0.2, 0.25) is 0 Å². The molecule has 18 heavy (non-hydrogen) atoms. The molecule has 1 heterocycles. The van der Waals surface area contributed by atoms with E-state index in [1.165, 1.54) is 0 Å². The zero-order chi connectivity index (χ0) is 11.4. The Hall–Kier alpha value is -1.37. The maximum absolute atomic E-state index is 12.0. The lowest BCUT2D eigenvalue weighted by molar-refractivity contribution is 0.201. The van der Waals surface area contributed by atoms with E-state index in [9.17, 15) is 4.79 Å². The van der Waals surface area contributed by atoms with Gasteiger partial charge in [0.15, 0.2) is 5.81 Å². The van der Waals surface area contributed by atoms with Crippen molar-refractivity contribution >= 4 is 18.5 Å². The van der Waals surface area contributed by atoms with Gasteiger partial charge in [-0.15, -0.1) is 0 Å². The van der Waals surface area contributed by atoms with Gasteiger partial charge < -0.3 is 21.2 Å². The number of hydrogen-bond acceptors (Lipinski definition) is 2. The first-order chi connectivity index (χ1) is 7.75. The molecule has 2 rings (SSSR count). The smallest absolute Gasteiger partial charge is 0.267 e. The number of nitrogens with one attached hydrogen (secondary N) is 1. The lowest BCUT2D eigenvalue weighted by atomic mass is 9.69. The summed E-state index contributed by atoms with van der Waals surface area (Å²) >= 11 is 0. The molecule has 1 aliphatic heterocycles. The number of amides is 1. The molecule has 0 radical (unpaired) electrons. The molecule has 1 aliphatic rings. The molecule has 5 N–H and O–H groups in total. The van der Waals surface area contributed by atoms with E-state index in [0.29, 0.717) is 13.3 Å². The second kappa shape index (κ2) is 7.86. The van der Waals surface area contributed by atoms with Crippen molar-refractivity contribution in [2.75, 3.05) is 19.6 Å². The van der Waals surface area contributed by atoms with Crippen molar-refractivity contribution < 1.29 is 15.7 Å². The topological polar surface area (TPSA) is 95.3 Å². The minimum absolute atomic E-state index is 0. The molecule has 1 aromatic rings. The fraction of sp³-hybridized carbons (Fsp3) is 0.417. The van der Waals surface area contributed by atoms with Crippen LogP contribution in [0, 0.1) is 0 Å². The summed E-state index contributed by atoms with van der Waals surface area (Å²) in [6.45, 7) is 4.67. The van der Waals surface area contributed by atoms with E-state index in [4.69, 9.17) is 0 Å². The maximum Gasteiger partial charge on any atom is 0.267 e. The Kier molecular flexibility index (Phi) is 7.27. The predicted octanol–water partition coefficient (Wildman–Crippen LogP) is -1.49. The molecule has 1 aromatic carbocycles. The van der Waals surface area contributed by atoms with Crippen LogP contribution in [0.4, 0.5) is 4.79 Å². The van der Waals surface area contributed by atoms with Crippen LogP contribution in [0.5, 0.6) is 0 Å². The van der Waals surface area contributed by atoms with Crippen molar-refractivity contribution in [3.8, 4) is 0 Å². The van der Waals surface area contributed by atoms with Crippen LogP contribution in [0.25, 0.3) is 0 Å². The van der Waals surface area contributed by atoms with Crippen molar-refractivity contribution in [1.82, 2.24) is 10.2 Å². The molecule has 0 saturated carbocycles. The Balaban J connectivity index is 0.00000144. The first kappa shape index (κ1) is 16.6. The van der Waals surface area contributed by atoms with Crippen LogP contribution < -0.4 is 10.8 Å². The van der Waals surface area contributed by atoms with Gasteiger partial charge >= 0.3 is 0 Å². The van der Waals surface area contributed by atoms with E-state index in [2.05, 4.69) is 12.2 Å². The van der Waals surface area contributed by atoms with E-state index in [1.54, 1.807) is 0 Å². The summed E-state index contributed by atoms with van der Waals surface area (Å²) in [5.41, 5.74) is 1.10. The SMILES string of the molecule is CC1CN(C(=O)Bc2ccccc2)CCN1.O.O. The molecule has 1 atom stereocenters. The number of benzene rings is 1. The van der Waals surface area contributed by atoms with E-state index in [-0.39, 0.29) is 16.8 Å². The number of carbonyl (C=O) groups excluding carboxylic acids is 1. The van der Waals surface area contributed by atoms with Gasteiger partial charge in [0.05, 0.1) is 0 Å². The van der Waals surface area contributed by atoms with Crippen LogP contribution in [0.3, 0.4) is 0 Å². The average Bonchev–Trinajstić information content (AvgIpc) is 2.30. The number of carbonyl (C=O) groups is 1. The third-order valence-electron chi connectivity index (χ3n) is 2.92. The first-order valence-electron chi connectivity index (χ1n) is 5.81. The highest BCUT2D eigenvalue weighted by Gasteiger charge is 2.20. The molecule has 5 nitrogen and oxygen atoms in total. The number of hydrogen-bond donors (Lipinski definition) is 1. The molecule has 0 aromatic heterocycles. The quantitative estimate of drug-likeness (QED) is 0.649. The van der Waals surface area contributed by atoms with E-state index < -0.39 is 0 Å². The molecule has 1 unspecified atom stereocenters. The van der Waals surface area contributed by atoms with E-state index in [0.717, 1.165) is 25.1 Å². The van der Waals surface area contributed by atoms with Gasteiger partial charge in [-0.2, -0.15) is 0 Å². The highest BCUT2D eigenvalue weighted by molar-refractivity contribution is 6.83. The first-order valence-corrected chi connectivity index (χ1v) is 5.81. The zero-order valence-electron chi connectivity index (χ0n) is 10.6. The Labute approximate surface area is 108 Å². The largest absolute Gasteiger partial charge is 0.412 e. The Morgan fingerprint density at radius 3 is 2.61 bits per heavy atom. The summed E-state index contributed by atoms with van der Waals surface area (Å²) in [6, 6.07) is 10.3. The Morgan fingerprint density at radius 2 is 2.00 bits per heavy atom. The van der Waals surface area contributed by atoms with Crippen LogP contribution >= 0.6 is 0 Å². The minimum atomic E-state index is 0. The second-order valence-electron chi connectivity index (χ2n) is 4.36. The third kappa shape index (κ3) is 4.48. The van der Waals surface area contributed by atoms with Gasteiger partial charge in [-0.1, -0.05) is 35.8 Å². The third-order valence-corrected chi connectivity index (χ3v) is 2.92. The zero-order valence-corrected chi connectivity index (χ0v) is 10.6.